The minimum absolute atomic E-state index is 0.0809. The van der Waals surface area contributed by atoms with Gasteiger partial charge in [-0.2, -0.15) is 13.9 Å². The fraction of sp³-hybridized carbons (Fsp3) is 0.250. The average Bonchev–Trinajstić information content (AvgIpc) is 2.70. The lowest BCUT2D eigenvalue weighted by Gasteiger charge is -2.03. The molecule has 22 heavy (non-hydrogen) atoms. The highest BCUT2D eigenvalue weighted by molar-refractivity contribution is 6.08. The Bertz CT molecular complexity index is 704. The van der Waals surface area contributed by atoms with Gasteiger partial charge in [-0.1, -0.05) is 18.2 Å². The summed E-state index contributed by atoms with van der Waals surface area (Å²) in [4.78, 5) is 12.2. The Balaban J connectivity index is 2.12. The smallest absolute Gasteiger partial charge is 0.387 e. The maximum atomic E-state index is 12.2. The van der Waals surface area contributed by atoms with Crippen LogP contribution in [0, 0.1) is 13.8 Å². The molecule has 4 nitrogen and oxygen atoms in total. The quantitative estimate of drug-likeness (QED) is 0.627. The molecule has 0 atom stereocenters. The van der Waals surface area contributed by atoms with Crippen LogP contribution in [0.15, 0.2) is 30.3 Å². The monoisotopic (exact) mass is 306 g/mol. The minimum atomic E-state index is -2.85. The standard InChI is InChI=1S/C16H16F2N2O2/c1-10-15(11(2)20(3)19-10)14(21)9-6-12-4-7-13(8-5-12)22-16(17)18/h4-9,16H,1-3H3/b9-6+. The lowest BCUT2D eigenvalue weighted by atomic mass is 10.1. The molecule has 0 spiro atoms. The second-order valence-electron chi connectivity index (χ2n) is 4.81. The zero-order valence-electron chi connectivity index (χ0n) is 12.5. The third-order valence-electron chi connectivity index (χ3n) is 3.29. The van der Waals surface area contributed by atoms with E-state index in [4.69, 9.17) is 0 Å². The van der Waals surface area contributed by atoms with Crippen LogP contribution in [-0.2, 0) is 7.05 Å². The van der Waals surface area contributed by atoms with Crippen molar-refractivity contribution in [1.29, 1.82) is 0 Å². The topological polar surface area (TPSA) is 44.1 Å². The number of hydrogen-bond acceptors (Lipinski definition) is 3. The van der Waals surface area contributed by atoms with E-state index in [9.17, 15) is 13.6 Å². The van der Waals surface area contributed by atoms with E-state index in [0.29, 0.717) is 16.8 Å². The first kappa shape index (κ1) is 15.9. The van der Waals surface area contributed by atoms with Gasteiger partial charge in [0.2, 0.25) is 0 Å². The van der Waals surface area contributed by atoms with Crippen molar-refractivity contribution in [3.8, 4) is 5.75 Å². The maximum Gasteiger partial charge on any atom is 0.387 e. The lowest BCUT2D eigenvalue weighted by Crippen LogP contribution is -2.01. The van der Waals surface area contributed by atoms with Gasteiger partial charge in [0.05, 0.1) is 11.3 Å². The van der Waals surface area contributed by atoms with Gasteiger partial charge >= 0.3 is 6.61 Å². The van der Waals surface area contributed by atoms with Gasteiger partial charge in [0.1, 0.15) is 5.75 Å². The number of aryl methyl sites for hydroxylation is 2. The van der Waals surface area contributed by atoms with Gasteiger partial charge in [0.25, 0.3) is 0 Å². The zero-order chi connectivity index (χ0) is 16.3. The molecule has 2 rings (SSSR count). The van der Waals surface area contributed by atoms with Gasteiger partial charge in [0, 0.05) is 12.7 Å². The van der Waals surface area contributed by atoms with E-state index >= 15 is 0 Å². The second kappa shape index (κ2) is 6.51. The van der Waals surface area contributed by atoms with Crippen LogP contribution < -0.4 is 4.74 Å². The summed E-state index contributed by atoms with van der Waals surface area (Å²) in [5.41, 5.74) is 2.77. The highest BCUT2D eigenvalue weighted by Gasteiger charge is 2.14. The molecule has 2 aromatic rings. The average molecular weight is 306 g/mol. The summed E-state index contributed by atoms with van der Waals surface area (Å²) in [6.07, 6.45) is 3.07. The molecular weight excluding hydrogens is 290 g/mol. The molecule has 0 fully saturated rings. The number of ether oxygens (including phenoxy) is 1. The molecule has 1 aromatic heterocycles. The van der Waals surface area contributed by atoms with Gasteiger partial charge in [-0.25, -0.2) is 0 Å². The SMILES string of the molecule is Cc1nn(C)c(C)c1C(=O)/C=C/c1ccc(OC(F)F)cc1. The molecule has 0 amide bonds. The molecular formula is C16H16F2N2O2. The van der Waals surface area contributed by atoms with Crippen molar-refractivity contribution in [3.05, 3.63) is 52.9 Å². The van der Waals surface area contributed by atoms with Gasteiger partial charge in [-0.15, -0.1) is 0 Å². The molecule has 0 unspecified atom stereocenters. The number of hydrogen-bond donors (Lipinski definition) is 0. The van der Waals surface area contributed by atoms with E-state index in [1.165, 1.54) is 18.2 Å². The summed E-state index contributed by atoms with van der Waals surface area (Å²) >= 11 is 0. The number of aromatic nitrogens is 2. The molecule has 0 saturated carbocycles. The van der Waals surface area contributed by atoms with E-state index < -0.39 is 6.61 Å². The number of alkyl halides is 2. The Morgan fingerprint density at radius 3 is 2.41 bits per heavy atom. The largest absolute Gasteiger partial charge is 0.435 e. The Kier molecular flexibility index (Phi) is 4.70. The van der Waals surface area contributed by atoms with Crippen molar-refractivity contribution in [2.45, 2.75) is 20.5 Å². The van der Waals surface area contributed by atoms with Gasteiger partial charge in [-0.05, 0) is 37.6 Å². The van der Waals surface area contributed by atoms with Crippen molar-refractivity contribution < 1.29 is 18.3 Å². The second-order valence-corrected chi connectivity index (χ2v) is 4.81. The van der Waals surface area contributed by atoms with E-state index in [1.807, 2.05) is 6.92 Å². The number of carbonyl (C=O) groups excluding carboxylic acids is 1. The molecule has 0 aliphatic rings. The first-order chi connectivity index (χ1) is 10.4. The third-order valence-corrected chi connectivity index (χ3v) is 3.29. The highest BCUT2D eigenvalue weighted by Crippen LogP contribution is 2.17. The number of allylic oxidation sites excluding steroid dienone is 1. The maximum absolute atomic E-state index is 12.2. The predicted octanol–water partition coefficient (Wildman–Crippen LogP) is 3.53. The molecule has 1 aromatic carbocycles. The van der Waals surface area contributed by atoms with Crippen LogP contribution in [0.5, 0.6) is 5.75 Å². The fourth-order valence-corrected chi connectivity index (χ4v) is 2.15. The zero-order valence-corrected chi connectivity index (χ0v) is 12.5. The van der Waals surface area contributed by atoms with Gasteiger partial charge < -0.3 is 4.74 Å². The van der Waals surface area contributed by atoms with Crippen LogP contribution >= 0.6 is 0 Å². The number of ketones is 1. The van der Waals surface area contributed by atoms with Gasteiger partial charge in [-0.3, -0.25) is 9.48 Å². The number of halogens is 2. The molecule has 0 aliphatic carbocycles. The highest BCUT2D eigenvalue weighted by atomic mass is 19.3. The summed E-state index contributed by atoms with van der Waals surface area (Å²) in [7, 11) is 1.78. The normalized spacial score (nSPS) is 11.4. The first-order valence-electron chi connectivity index (χ1n) is 6.66. The third kappa shape index (κ3) is 3.58. The van der Waals surface area contributed by atoms with Crippen molar-refractivity contribution in [3.63, 3.8) is 0 Å². The number of carbonyl (C=O) groups is 1. The van der Waals surface area contributed by atoms with E-state index in [-0.39, 0.29) is 11.5 Å². The van der Waals surface area contributed by atoms with Crippen molar-refractivity contribution in [1.82, 2.24) is 9.78 Å². The first-order valence-corrected chi connectivity index (χ1v) is 6.66. The lowest BCUT2D eigenvalue weighted by molar-refractivity contribution is -0.0498. The molecule has 0 bridgehead atoms. The molecule has 6 heteroatoms. The Morgan fingerprint density at radius 1 is 1.27 bits per heavy atom. The molecule has 0 aliphatic heterocycles. The van der Waals surface area contributed by atoms with Crippen molar-refractivity contribution in [2.75, 3.05) is 0 Å². The van der Waals surface area contributed by atoms with E-state index in [0.717, 1.165) is 5.69 Å². The molecule has 116 valence electrons. The van der Waals surface area contributed by atoms with Crippen molar-refractivity contribution >= 4 is 11.9 Å². The minimum Gasteiger partial charge on any atom is -0.435 e. The van der Waals surface area contributed by atoms with E-state index in [1.54, 1.807) is 36.9 Å². The van der Waals surface area contributed by atoms with E-state index in [2.05, 4.69) is 9.84 Å². The molecule has 1 heterocycles. The molecule has 0 saturated heterocycles. The predicted molar refractivity (Wildman–Crippen MR) is 79.1 cm³/mol. The summed E-state index contributed by atoms with van der Waals surface area (Å²) in [5.74, 6) is -0.0616. The fourth-order valence-electron chi connectivity index (χ4n) is 2.15. The van der Waals surface area contributed by atoms with Crippen LogP contribution in [0.25, 0.3) is 6.08 Å². The Morgan fingerprint density at radius 2 is 1.91 bits per heavy atom. The summed E-state index contributed by atoms with van der Waals surface area (Å²) < 4.78 is 30.0. The van der Waals surface area contributed by atoms with Crippen LogP contribution in [0.2, 0.25) is 0 Å². The Labute approximate surface area is 127 Å². The van der Waals surface area contributed by atoms with Crippen LogP contribution in [0.3, 0.4) is 0 Å². The molecule has 0 radical (unpaired) electrons. The number of nitrogens with zero attached hydrogens (tertiary/aromatic N) is 2. The van der Waals surface area contributed by atoms with Gasteiger partial charge in [0.15, 0.2) is 5.78 Å². The van der Waals surface area contributed by atoms with Crippen LogP contribution in [0.1, 0.15) is 27.3 Å². The summed E-state index contributed by atoms with van der Waals surface area (Å²) in [6, 6.07) is 6.06. The summed E-state index contributed by atoms with van der Waals surface area (Å²) in [6.45, 7) is 0.766. The molecule has 0 N–H and O–H groups in total. The number of rotatable bonds is 5. The van der Waals surface area contributed by atoms with Crippen molar-refractivity contribution in [2.24, 2.45) is 7.05 Å². The van der Waals surface area contributed by atoms with Crippen LogP contribution in [0.4, 0.5) is 8.78 Å². The number of benzene rings is 1. The van der Waals surface area contributed by atoms with Crippen LogP contribution in [-0.4, -0.2) is 22.2 Å². The Hall–Kier alpha value is -2.50. The summed E-state index contributed by atoms with van der Waals surface area (Å²) in [5, 5.41) is 4.20.